The number of carbonyl (C=O) groups is 1. The van der Waals surface area contributed by atoms with E-state index in [-0.39, 0.29) is 16.8 Å². The van der Waals surface area contributed by atoms with Gasteiger partial charge in [0.2, 0.25) is 0 Å². The summed E-state index contributed by atoms with van der Waals surface area (Å²) in [5.74, 6) is -0.351. The van der Waals surface area contributed by atoms with Crippen LogP contribution >= 0.6 is 0 Å². The Balaban J connectivity index is 1.80. The quantitative estimate of drug-likeness (QED) is 0.338. The summed E-state index contributed by atoms with van der Waals surface area (Å²) in [6, 6.07) is 18.1. The fourth-order valence-electron chi connectivity index (χ4n) is 5.40. The molecule has 180 valence electrons. The van der Waals surface area contributed by atoms with E-state index in [9.17, 15) is 4.79 Å². The summed E-state index contributed by atoms with van der Waals surface area (Å²) in [5, 5.41) is 0. The van der Waals surface area contributed by atoms with Gasteiger partial charge in [0.25, 0.3) is 0 Å². The summed E-state index contributed by atoms with van der Waals surface area (Å²) in [4.78, 5) is 19.4. The first-order valence-electron chi connectivity index (χ1n) is 12.1. The minimum Gasteiger partial charge on any atom is -0.465 e. The second-order valence-electron chi connectivity index (χ2n) is 11.0. The first-order chi connectivity index (χ1) is 16.5. The van der Waals surface area contributed by atoms with Crippen LogP contribution in [-0.2, 0) is 15.6 Å². The Bertz CT molecular complexity index is 1370. The number of ether oxygens (including phenoxy) is 1. The van der Waals surface area contributed by atoms with Crippen molar-refractivity contribution in [1.29, 1.82) is 0 Å². The average molecular weight is 468 g/mol. The highest BCUT2D eigenvalue weighted by Gasteiger charge is 2.39. The molecule has 0 radical (unpaired) electrons. The molecule has 0 spiro atoms. The van der Waals surface area contributed by atoms with E-state index in [2.05, 4.69) is 51.8 Å². The van der Waals surface area contributed by atoms with Gasteiger partial charge in [-0.1, -0.05) is 39.8 Å². The van der Waals surface area contributed by atoms with E-state index < -0.39 is 0 Å². The lowest BCUT2D eigenvalue weighted by Gasteiger charge is -2.43. The summed E-state index contributed by atoms with van der Waals surface area (Å²) in [6.07, 6.45) is 2.29. The number of hydrogen-bond acceptors (Lipinski definition) is 5. The smallest absolute Gasteiger partial charge is 0.337 e. The van der Waals surface area contributed by atoms with Crippen molar-refractivity contribution in [2.75, 3.05) is 24.8 Å². The number of fused-ring (bicyclic) bond motifs is 3. The van der Waals surface area contributed by atoms with E-state index in [1.54, 1.807) is 12.1 Å². The molecule has 2 N–H and O–H groups in total. The number of methoxy groups -OCH3 is 1. The Hall–Kier alpha value is -3.60. The number of carbonyl (C=O) groups excluding carboxylic acids is 1. The predicted octanol–water partition coefficient (Wildman–Crippen LogP) is 6.65. The molecule has 2 aliphatic rings. The van der Waals surface area contributed by atoms with E-state index in [0.717, 1.165) is 46.7 Å². The highest BCUT2D eigenvalue weighted by Crippen LogP contribution is 2.50. The zero-order valence-electron chi connectivity index (χ0n) is 21.4. The SMILES string of the molecule is COC(=O)c1ccc(C2=Nc3cc(N)ccc3N(C)c3cc4c(cc32)C(C)(C)CCC4(C)C)cc1. The lowest BCUT2D eigenvalue weighted by molar-refractivity contribution is 0.0600. The highest BCUT2D eigenvalue weighted by molar-refractivity contribution is 6.19. The normalized spacial score (nSPS) is 17.4. The van der Waals surface area contributed by atoms with Crippen molar-refractivity contribution in [3.05, 3.63) is 82.4 Å². The van der Waals surface area contributed by atoms with E-state index in [1.165, 1.54) is 18.2 Å². The third kappa shape index (κ3) is 3.79. The Kier molecular flexibility index (Phi) is 5.28. The van der Waals surface area contributed by atoms with Crippen molar-refractivity contribution in [2.45, 2.75) is 51.4 Å². The van der Waals surface area contributed by atoms with Crippen LogP contribution in [-0.4, -0.2) is 25.8 Å². The number of nitrogens with two attached hydrogens (primary N) is 1. The monoisotopic (exact) mass is 467 g/mol. The maximum absolute atomic E-state index is 12.0. The van der Waals surface area contributed by atoms with Gasteiger partial charge in [-0.2, -0.15) is 0 Å². The number of hydrogen-bond donors (Lipinski definition) is 1. The fraction of sp³-hybridized carbons (Fsp3) is 0.333. The van der Waals surface area contributed by atoms with Crippen LogP contribution in [0.5, 0.6) is 0 Å². The van der Waals surface area contributed by atoms with Crippen LogP contribution in [0, 0.1) is 0 Å². The summed E-state index contributed by atoms with van der Waals surface area (Å²) in [5.41, 5.74) is 16.1. The number of rotatable bonds is 2. The van der Waals surface area contributed by atoms with Crippen LogP contribution in [0.2, 0.25) is 0 Å². The molecule has 1 aliphatic heterocycles. The highest BCUT2D eigenvalue weighted by atomic mass is 16.5. The molecule has 5 rings (SSSR count). The predicted molar refractivity (Wildman–Crippen MR) is 144 cm³/mol. The molecular formula is C30H33N3O2. The van der Waals surface area contributed by atoms with Gasteiger partial charge in [-0.3, -0.25) is 0 Å². The molecule has 5 nitrogen and oxygen atoms in total. The third-order valence-electron chi connectivity index (χ3n) is 7.76. The van der Waals surface area contributed by atoms with E-state index in [1.807, 2.05) is 30.3 Å². The molecule has 0 saturated heterocycles. The van der Waals surface area contributed by atoms with Crippen LogP contribution in [0.4, 0.5) is 22.7 Å². The van der Waals surface area contributed by atoms with E-state index >= 15 is 0 Å². The minimum absolute atomic E-state index is 0.0713. The maximum atomic E-state index is 12.0. The topological polar surface area (TPSA) is 67.9 Å². The second kappa shape index (κ2) is 7.98. The molecule has 5 heteroatoms. The Morgan fingerprint density at radius 2 is 1.54 bits per heavy atom. The molecule has 1 heterocycles. The molecule has 1 aliphatic carbocycles. The first-order valence-corrected chi connectivity index (χ1v) is 12.1. The number of nitrogen functional groups attached to an aromatic ring is 1. The van der Waals surface area contributed by atoms with Gasteiger partial charge in [0.1, 0.15) is 0 Å². The Morgan fingerprint density at radius 3 is 2.17 bits per heavy atom. The minimum atomic E-state index is -0.351. The largest absolute Gasteiger partial charge is 0.465 e. The number of nitrogens with zero attached hydrogens (tertiary/aromatic N) is 2. The number of benzene rings is 3. The van der Waals surface area contributed by atoms with Crippen molar-refractivity contribution in [2.24, 2.45) is 4.99 Å². The molecule has 0 fully saturated rings. The number of anilines is 3. The summed E-state index contributed by atoms with van der Waals surface area (Å²) in [6.45, 7) is 9.37. The van der Waals surface area contributed by atoms with Gasteiger partial charge < -0.3 is 15.4 Å². The van der Waals surface area contributed by atoms with Gasteiger partial charge in [0.05, 0.1) is 35.4 Å². The van der Waals surface area contributed by atoms with Crippen LogP contribution in [0.25, 0.3) is 0 Å². The Labute approximate surface area is 207 Å². The molecule has 0 atom stereocenters. The van der Waals surface area contributed by atoms with Gasteiger partial charge in [-0.05, 0) is 77.3 Å². The maximum Gasteiger partial charge on any atom is 0.337 e. The number of aliphatic imine (C=N–C) groups is 1. The van der Waals surface area contributed by atoms with Crippen LogP contribution < -0.4 is 10.6 Å². The van der Waals surface area contributed by atoms with Crippen LogP contribution in [0.15, 0.2) is 59.6 Å². The Morgan fingerprint density at radius 1 is 0.914 bits per heavy atom. The van der Waals surface area contributed by atoms with Crippen molar-refractivity contribution in [3.63, 3.8) is 0 Å². The summed E-state index contributed by atoms with van der Waals surface area (Å²) >= 11 is 0. The first kappa shape index (κ1) is 23.2. The molecule has 3 aromatic carbocycles. The van der Waals surface area contributed by atoms with Gasteiger partial charge in [-0.25, -0.2) is 9.79 Å². The molecule has 0 bridgehead atoms. The average Bonchev–Trinajstić information content (AvgIpc) is 2.95. The van der Waals surface area contributed by atoms with Crippen LogP contribution in [0.1, 0.15) is 73.1 Å². The lowest BCUT2D eigenvalue weighted by atomic mass is 9.62. The van der Waals surface area contributed by atoms with Crippen LogP contribution in [0.3, 0.4) is 0 Å². The van der Waals surface area contributed by atoms with E-state index in [0.29, 0.717) is 11.3 Å². The van der Waals surface area contributed by atoms with Gasteiger partial charge >= 0.3 is 5.97 Å². The molecule has 0 saturated carbocycles. The van der Waals surface area contributed by atoms with E-state index in [4.69, 9.17) is 15.5 Å². The van der Waals surface area contributed by atoms with Gasteiger partial charge in [0, 0.05) is 23.9 Å². The molecular weight excluding hydrogens is 434 g/mol. The molecule has 3 aromatic rings. The van der Waals surface area contributed by atoms with Crippen molar-refractivity contribution >= 4 is 34.4 Å². The number of esters is 1. The summed E-state index contributed by atoms with van der Waals surface area (Å²) < 4.78 is 4.89. The molecule has 0 amide bonds. The van der Waals surface area contributed by atoms with Gasteiger partial charge in [-0.15, -0.1) is 0 Å². The summed E-state index contributed by atoms with van der Waals surface area (Å²) in [7, 11) is 3.49. The molecule has 0 aromatic heterocycles. The lowest BCUT2D eigenvalue weighted by Crippen LogP contribution is -2.34. The molecule has 35 heavy (non-hydrogen) atoms. The molecule has 0 unspecified atom stereocenters. The van der Waals surface area contributed by atoms with Crippen molar-refractivity contribution in [3.8, 4) is 0 Å². The van der Waals surface area contributed by atoms with Gasteiger partial charge in [0.15, 0.2) is 0 Å². The van der Waals surface area contributed by atoms with Crippen molar-refractivity contribution < 1.29 is 9.53 Å². The zero-order valence-corrected chi connectivity index (χ0v) is 21.4. The standard InChI is InChI=1S/C30H33N3O2/c1-29(2)13-14-30(3,4)23-17-26-21(16-22(23)29)27(18-7-9-19(10-8-18)28(34)35-6)32-24-15-20(31)11-12-25(24)33(26)5/h7-12,15-17H,13-14,31H2,1-6H3. The second-order valence-corrected chi connectivity index (χ2v) is 11.0. The third-order valence-corrected chi connectivity index (χ3v) is 7.76. The fourth-order valence-corrected chi connectivity index (χ4v) is 5.40. The zero-order chi connectivity index (χ0) is 25.1. The van der Waals surface area contributed by atoms with Crippen molar-refractivity contribution in [1.82, 2.24) is 0 Å².